The zero-order chi connectivity index (χ0) is 24.7. The Labute approximate surface area is 196 Å². The van der Waals surface area contributed by atoms with Crippen LogP contribution >= 0.6 is 0 Å². The second-order valence-corrected chi connectivity index (χ2v) is 9.66. The van der Waals surface area contributed by atoms with E-state index in [9.17, 15) is 13.2 Å². The van der Waals surface area contributed by atoms with Crippen molar-refractivity contribution in [2.75, 3.05) is 26.2 Å². The van der Waals surface area contributed by atoms with E-state index in [1.165, 1.54) is 12.1 Å². The summed E-state index contributed by atoms with van der Waals surface area (Å²) in [5.74, 6) is 1.82. The number of nitrogens with zero attached hydrogens (tertiary/aromatic N) is 6. The van der Waals surface area contributed by atoms with E-state index < -0.39 is 11.7 Å². The van der Waals surface area contributed by atoms with Gasteiger partial charge in [0.1, 0.15) is 0 Å². The molecule has 2 atom stereocenters. The van der Waals surface area contributed by atoms with Crippen LogP contribution in [0.4, 0.5) is 13.2 Å². The molecule has 0 radical (unpaired) electrons. The van der Waals surface area contributed by atoms with Gasteiger partial charge in [0.25, 0.3) is 0 Å². The van der Waals surface area contributed by atoms with Gasteiger partial charge in [-0.1, -0.05) is 43.2 Å². The Morgan fingerprint density at radius 3 is 1.94 bits per heavy atom. The van der Waals surface area contributed by atoms with Crippen LogP contribution in [0.5, 0.6) is 0 Å². The fourth-order valence-electron chi connectivity index (χ4n) is 3.89. The van der Waals surface area contributed by atoms with E-state index in [0.717, 1.165) is 38.3 Å². The maximum absolute atomic E-state index is 13.0. The SMILES string of the molecule is CC(c1nc(-c2cccc(C(F)(F)F)c2)no1)N1CCN(C(C)c2nc(C(C)(C)C)no2)CC1. The molecule has 0 amide bonds. The van der Waals surface area contributed by atoms with Crippen molar-refractivity contribution in [1.29, 1.82) is 0 Å². The minimum atomic E-state index is -4.43. The maximum atomic E-state index is 13.0. The summed E-state index contributed by atoms with van der Waals surface area (Å²) in [4.78, 5) is 13.4. The summed E-state index contributed by atoms with van der Waals surface area (Å²) in [5, 5.41) is 8.03. The Morgan fingerprint density at radius 2 is 1.41 bits per heavy atom. The fourth-order valence-corrected chi connectivity index (χ4v) is 3.89. The molecule has 0 aliphatic carbocycles. The van der Waals surface area contributed by atoms with E-state index in [1.807, 2.05) is 27.7 Å². The third-order valence-corrected chi connectivity index (χ3v) is 6.16. The number of hydrogen-bond acceptors (Lipinski definition) is 8. The van der Waals surface area contributed by atoms with Crippen LogP contribution in [0.25, 0.3) is 11.4 Å². The summed E-state index contributed by atoms with van der Waals surface area (Å²) in [5.41, 5.74) is -0.651. The molecule has 0 N–H and O–H groups in total. The van der Waals surface area contributed by atoms with Crippen molar-refractivity contribution < 1.29 is 22.2 Å². The molecule has 0 saturated carbocycles. The highest BCUT2D eigenvalue weighted by Gasteiger charge is 2.32. The molecule has 1 saturated heterocycles. The van der Waals surface area contributed by atoms with E-state index in [-0.39, 0.29) is 28.9 Å². The predicted molar refractivity (Wildman–Crippen MR) is 118 cm³/mol. The van der Waals surface area contributed by atoms with Gasteiger partial charge in [0, 0.05) is 37.2 Å². The molecule has 1 aromatic carbocycles. The molecule has 0 spiro atoms. The Hall–Kier alpha value is -2.79. The molecule has 4 rings (SSSR count). The smallest absolute Gasteiger partial charge is 0.338 e. The summed E-state index contributed by atoms with van der Waals surface area (Å²) in [6.45, 7) is 13.2. The largest absolute Gasteiger partial charge is 0.416 e. The lowest BCUT2D eigenvalue weighted by Crippen LogP contribution is -2.47. The Kier molecular flexibility index (Phi) is 6.52. The maximum Gasteiger partial charge on any atom is 0.416 e. The Balaban J connectivity index is 1.38. The Morgan fingerprint density at radius 1 is 0.853 bits per heavy atom. The van der Waals surface area contributed by atoms with Crippen molar-refractivity contribution in [2.24, 2.45) is 0 Å². The van der Waals surface area contributed by atoms with Crippen molar-refractivity contribution in [3.05, 3.63) is 47.4 Å². The zero-order valence-electron chi connectivity index (χ0n) is 19.9. The van der Waals surface area contributed by atoms with Crippen LogP contribution in [0.15, 0.2) is 33.3 Å². The first-order valence-electron chi connectivity index (χ1n) is 11.3. The van der Waals surface area contributed by atoms with Crippen molar-refractivity contribution in [1.82, 2.24) is 30.1 Å². The average Bonchev–Trinajstić information content (AvgIpc) is 3.48. The first-order chi connectivity index (χ1) is 15.9. The minimum absolute atomic E-state index is 0.00280. The highest BCUT2D eigenvalue weighted by Crippen LogP contribution is 2.32. The van der Waals surface area contributed by atoms with Crippen molar-refractivity contribution in [2.45, 2.75) is 58.3 Å². The van der Waals surface area contributed by atoms with Gasteiger partial charge < -0.3 is 9.05 Å². The first-order valence-corrected chi connectivity index (χ1v) is 11.3. The molecule has 0 bridgehead atoms. The van der Waals surface area contributed by atoms with Crippen LogP contribution in [0.2, 0.25) is 0 Å². The first kappa shape index (κ1) is 24.3. The third-order valence-electron chi connectivity index (χ3n) is 6.16. The number of piperazine rings is 1. The standard InChI is InChI=1S/C23H29F3N6O2/c1-14(19-27-18(29-33-19)16-7-6-8-17(13-16)23(24,25)26)31-9-11-32(12-10-31)15(2)20-28-21(30-34-20)22(3,4)5/h6-8,13-15H,9-12H2,1-5H3. The molecule has 3 heterocycles. The topological polar surface area (TPSA) is 84.3 Å². The molecular weight excluding hydrogens is 449 g/mol. The zero-order valence-corrected chi connectivity index (χ0v) is 19.9. The van der Waals surface area contributed by atoms with Gasteiger partial charge in [0.2, 0.25) is 17.6 Å². The van der Waals surface area contributed by atoms with Crippen LogP contribution in [-0.2, 0) is 11.6 Å². The molecule has 2 unspecified atom stereocenters. The van der Waals surface area contributed by atoms with Crippen molar-refractivity contribution in [3.63, 3.8) is 0 Å². The van der Waals surface area contributed by atoms with Gasteiger partial charge in [-0.15, -0.1) is 0 Å². The molecule has 3 aromatic rings. The molecule has 1 fully saturated rings. The highest BCUT2D eigenvalue weighted by atomic mass is 19.4. The normalized spacial score (nSPS) is 18.2. The van der Waals surface area contributed by atoms with Gasteiger partial charge in [-0.3, -0.25) is 9.80 Å². The van der Waals surface area contributed by atoms with Crippen LogP contribution in [0, 0.1) is 0 Å². The van der Waals surface area contributed by atoms with Gasteiger partial charge >= 0.3 is 6.18 Å². The molecule has 1 aliphatic rings. The summed E-state index contributed by atoms with van der Waals surface area (Å²) in [7, 11) is 0. The average molecular weight is 479 g/mol. The molecule has 184 valence electrons. The van der Waals surface area contributed by atoms with Crippen LogP contribution in [0.1, 0.15) is 69.9 Å². The number of benzene rings is 1. The minimum Gasteiger partial charge on any atom is -0.338 e. The van der Waals surface area contributed by atoms with Gasteiger partial charge in [-0.25, -0.2) is 0 Å². The Bertz CT molecular complexity index is 1110. The van der Waals surface area contributed by atoms with Crippen molar-refractivity contribution in [3.8, 4) is 11.4 Å². The second kappa shape index (κ2) is 9.10. The highest BCUT2D eigenvalue weighted by molar-refractivity contribution is 5.55. The van der Waals surface area contributed by atoms with E-state index in [1.54, 1.807) is 0 Å². The number of alkyl halides is 3. The van der Waals surface area contributed by atoms with Crippen LogP contribution in [0.3, 0.4) is 0 Å². The summed E-state index contributed by atoms with van der Waals surface area (Å²) >= 11 is 0. The van der Waals surface area contributed by atoms with Gasteiger partial charge in [-0.2, -0.15) is 23.1 Å². The molecule has 2 aromatic heterocycles. The molecule has 34 heavy (non-hydrogen) atoms. The number of rotatable bonds is 5. The lowest BCUT2D eigenvalue weighted by Gasteiger charge is -2.38. The molecule has 1 aliphatic heterocycles. The number of halogens is 3. The molecular formula is C23H29F3N6O2. The summed E-state index contributed by atoms with van der Waals surface area (Å²) < 4.78 is 50.0. The van der Waals surface area contributed by atoms with Gasteiger partial charge in [0.05, 0.1) is 17.6 Å². The third kappa shape index (κ3) is 5.15. The van der Waals surface area contributed by atoms with Gasteiger partial charge in [0.15, 0.2) is 5.82 Å². The molecule has 11 heteroatoms. The number of hydrogen-bond donors (Lipinski definition) is 0. The van der Waals surface area contributed by atoms with Crippen molar-refractivity contribution >= 4 is 0 Å². The monoisotopic (exact) mass is 478 g/mol. The summed E-state index contributed by atoms with van der Waals surface area (Å²) in [6.07, 6.45) is -4.43. The second-order valence-electron chi connectivity index (χ2n) is 9.66. The van der Waals surface area contributed by atoms with E-state index in [0.29, 0.717) is 17.6 Å². The van der Waals surface area contributed by atoms with Crippen LogP contribution < -0.4 is 0 Å². The van der Waals surface area contributed by atoms with E-state index in [4.69, 9.17) is 9.05 Å². The summed E-state index contributed by atoms with van der Waals surface area (Å²) in [6, 6.07) is 4.76. The quantitative estimate of drug-likeness (QED) is 0.513. The fraction of sp³-hybridized carbons (Fsp3) is 0.565. The van der Waals surface area contributed by atoms with E-state index >= 15 is 0 Å². The lowest BCUT2D eigenvalue weighted by molar-refractivity contribution is -0.137. The van der Waals surface area contributed by atoms with E-state index in [2.05, 4.69) is 37.0 Å². The number of aromatic nitrogens is 4. The van der Waals surface area contributed by atoms with Gasteiger partial charge in [-0.05, 0) is 26.0 Å². The predicted octanol–water partition coefficient (Wildman–Crippen LogP) is 4.88. The lowest BCUT2D eigenvalue weighted by atomic mass is 9.96. The van der Waals surface area contributed by atoms with Crippen LogP contribution in [-0.4, -0.2) is 56.3 Å². The molecule has 8 nitrogen and oxygen atoms in total.